The van der Waals surface area contributed by atoms with E-state index in [0.717, 1.165) is 24.0 Å². The van der Waals surface area contributed by atoms with Gasteiger partial charge in [-0.25, -0.2) is 0 Å². The topological polar surface area (TPSA) is 53.4 Å². The van der Waals surface area contributed by atoms with Gasteiger partial charge in [0.25, 0.3) is 0 Å². The van der Waals surface area contributed by atoms with Crippen molar-refractivity contribution in [2.45, 2.75) is 23.2 Å². The van der Waals surface area contributed by atoms with Gasteiger partial charge in [0.1, 0.15) is 0 Å². The Morgan fingerprint density at radius 3 is 2.36 bits per heavy atom. The second-order valence-electron chi connectivity index (χ2n) is 6.61. The molecule has 150 valence electrons. The van der Waals surface area contributed by atoms with Gasteiger partial charge in [-0.15, -0.1) is 0 Å². The van der Waals surface area contributed by atoms with Gasteiger partial charge in [0.05, 0.1) is 0 Å². The minimum atomic E-state index is -1.96. The van der Waals surface area contributed by atoms with Gasteiger partial charge in [-0.1, -0.05) is 0 Å². The molecule has 1 aromatic heterocycles. The van der Waals surface area contributed by atoms with Crippen LogP contribution >= 0.6 is 54.8 Å². The van der Waals surface area contributed by atoms with Crippen LogP contribution in [0.3, 0.4) is 0 Å². The molecule has 3 rings (SSSR count). The SMILES string of the molecule is CC(C)C1=C(Sc2cc(Cl)cc(Cl)c2)I(Cc2cccnc2)C(CO)=C1CO. The van der Waals surface area contributed by atoms with Crippen LogP contribution in [-0.4, -0.2) is 28.4 Å². The zero-order valence-corrected chi connectivity index (χ0v) is 20.1. The molecular weight excluding hydrogens is 528 g/mol. The van der Waals surface area contributed by atoms with Crippen molar-refractivity contribution in [2.24, 2.45) is 5.92 Å². The first-order chi connectivity index (χ1) is 13.4. The van der Waals surface area contributed by atoms with Crippen LogP contribution in [0.1, 0.15) is 19.4 Å². The summed E-state index contributed by atoms with van der Waals surface area (Å²) in [5.41, 5.74) is 3.24. The summed E-state index contributed by atoms with van der Waals surface area (Å²) >= 11 is 12.1. The van der Waals surface area contributed by atoms with Crippen LogP contribution in [0.4, 0.5) is 0 Å². The fourth-order valence-electron chi connectivity index (χ4n) is 3.11. The third-order valence-corrected chi connectivity index (χ3v) is 13.5. The fraction of sp³-hybridized carbons (Fsp3) is 0.286. The molecule has 0 unspecified atom stereocenters. The summed E-state index contributed by atoms with van der Waals surface area (Å²) in [5, 5.41) is 21.5. The maximum absolute atomic E-state index is 10.2. The number of benzene rings is 1. The molecule has 0 spiro atoms. The van der Waals surface area contributed by atoms with Crippen LogP contribution < -0.4 is 0 Å². The second-order valence-corrected chi connectivity index (χ2v) is 14.5. The van der Waals surface area contributed by atoms with Crippen molar-refractivity contribution in [3.05, 3.63) is 76.0 Å². The Morgan fingerprint density at radius 1 is 1.11 bits per heavy atom. The van der Waals surface area contributed by atoms with Crippen LogP contribution in [0.2, 0.25) is 10.0 Å². The molecule has 2 aromatic rings. The van der Waals surface area contributed by atoms with Gasteiger partial charge in [0.15, 0.2) is 0 Å². The van der Waals surface area contributed by atoms with Crippen LogP contribution in [0.5, 0.6) is 0 Å². The standard InChI is InChI=1S/C21H22Cl2INO2S/c1-13(2)20-18(11-26)19(12-27)24(9-14-4-3-5-25-10-14)21(20)28-17-7-15(22)6-16(23)8-17/h3-8,10,13,26-27H,9,11-12H2,1-2H3. The van der Waals surface area contributed by atoms with Crippen molar-refractivity contribution < 1.29 is 10.2 Å². The number of aromatic nitrogens is 1. The van der Waals surface area contributed by atoms with Gasteiger partial charge in [0, 0.05) is 0 Å². The summed E-state index contributed by atoms with van der Waals surface area (Å²) in [6.07, 6.45) is 3.65. The Balaban J connectivity index is 2.07. The molecule has 2 heterocycles. The molecule has 0 amide bonds. The molecule has 1 aliphatic heterocycles. The first-order valence-electron chi connectivity index (χ1n) is 8.81. The summed E-state index contributed by atoms with van der Waals surface area (Å²) in [6.45, 7) is 4.20. The number of hydrogen-bond acceptors (Lipinski definition) is 4. The van der Waals surface area contributed by atoms with E-state index in [1.807, 2.05) is 24.4 Å². The molecule has 1 aliphatic rings. The van der Waals surface area contributed by atoms with Crippen LogP contribution in [0, 0.1) is 5.92 Å². The molecule has 0 bridgehead atoms. The van der Waals surface area contributed by atoms with Gasteiger partial charge in [0.2, 0.25) is 0 Å². The Kier molecular flexibility index (Phi) is 7.87. The van der Waals surface area contributed by atoms with Crippen molar-refractivity contribution in [3.63, 3.8) is 0 Å². The summed E-state index contributed by atoms with van der Waals surface area (Å²) in [6, 6.07) is 9.56. The second kappa shape index (κ2) is 9.96. The number of nitrogens with zero attached hydrogens (tertiary/aromatic N) is 1. The molecule has 28 heavy (non-hydrogen) atoms. The number of hydrogen-bond donors (Lipinski definition) is 2. The Hall–Kier alpha value is -0.570. The number of pyridine rings is 1. The third-order valence-electron chi connectivity index (χ3n) is 4.28. The monoisotopic (exact) mass is 549 g/mol. The first kappa shape index (κ1) is 22.1. The van der Waals surface area contributed by atoms with E-state index >= 15 is 0 Å². The Labute approximate surface area is 187 Å². The first-order valence-corrected chi connectivity index (χ1v) is 14.1. The average Bonchev–Trinajstić information content (AvgIpc) is 2.94. The number of thioether (sulfide) groups is 1. The Morgan fingerprint density at radius 2 is 1.82 bits per heavy atom. The van der Waals surface area contributed by atoms with E-state index in [1.165, 1.54) is 8.48 Å². The molecule has 0 saturated carbocycles. The van der Waals surface area contributed by atoms with E-state index in [2.05, 4.69) is 24.9 Å². The number of rotatable bonds is 7. The van der Waals surface area contributed by atoms with Crippen molar-refractivity contribution in [1.29, 1.82) is 0 Å². The van der Waals surface area contributed by atoms with Crippen LogP contribution in [-0.2, 0) is 4.43 Å². The number of alkyl halides is 1. The molecule has 0 saturated heterocycles. The molecule has 0 atom stereocenters. The van der Waals surface area contributed by atoms with Crippen molar-refractivity contribution in [2.75, 3.05) is 13.2 Å². The van der Waals surface area contributed by atoms with Crippen LogP contribution in [0.25, 0.3) is 0 Å². The van der Waals surface area contributed by atoms with Gasteiger partial charge >= 0.3 is 188 Å². The van der Waals surface area contributed by atoms with E-state index in [1.54, 1.807) is 24.0 Å². The number of halogens is 3. The van der Waals surface area contributed by atoms with Gasteiger partial charge in [-0.3, -0.25) is 0 Å². The van der Waals surface area contributed by atoms with E-state index < -0.39 is 19.8 Å². The summed E-state index contributed by atoms with van der Waals surface area (Å²) in [7, 11) is 0. The normalized spacial score (nSPS) is 15.9. The molecule has 0 fully saturated rings. The summed E-state index contributed by atoms with van der Waals surface area (Å²) in [5.74, 6) is 0.247. The molecule has 3 nitrogen and oxygen atoms in total. The predicted octanol–water partition coefficient (Wildman–Crippen LogP) is 6.31. The summed E-state index contributed by atoms with van der Waals surface area (Å²) in [4.78, 5) is 5.22. The quantitative estimate of drug-likeness (QED) is 0.314. The van der Waals surface area contributed by atoms with E-state index in [4.69, 9.17) is 23.2 Å². The number of aliphatic hydroxyl groups is 2. The fourth-order valence-corrected chi connectivity index (χ4v) is 13.5. The molecule has 1 aromatic carbocycles. The Bertz CT molecular complexity index is 896. The minimum absolute atomic E-state index is 0.0163. The molecule has 7 heteroatoms. The van der Waals surface area contributed by atoms with E-state index in [-0.39, 0.29) is 19.1 Å². The van der Waals surface area contributed by atoms with Crippen molar-refractivity contribution in [1.82, 2.24) is 4.98 Å². The predicted molar refractivity (Wildman–Crippen MR) is 127 cm³/mol. The van der Waals surface area contributed by atoms with Crippen molar-refractivity contribution >= 4 is 54.8 Å². The molecular formula is C21H22Cl2INO2S. The molecule has 0 aliphatic carbocycles. The number of aliphatic hydroxyl groups excluding tert-OH is 2. The van der Waals surface area contributed by atoms with E-state index in [0.29, 0.717) is 10.0 Å². The summed E-state index contributed by atoms with van der Waals surface area (Å²) < 4.78 is 3.19. The third kappa shape index (κ3) is 4.94. The van der Waals surface area contributed by atoms with Crippen LogP contribution in [0.15, 0.2) is 65.3 Å². The van der Waals surface area contributed by atoms with Gasteiger partial charge in [-0.2, -0.15) is 0 Å². The van der Waals surface area contributed by atoms with E-state index in [9.17, 15) is 10.2 Å². The zero-order valence-electron chi connectivity index (χ0n) is 15.6. The zero-order chi connectivity index (χ0) is 20.3. The maximum atomic E-state index is 10.2. The average molecular weight is 550 g/mol. The van der Waals surface area contributed by atoms with Gasteiger partial charge in [-0.05, 0) is 0 Å². The van der Waals surface area contributed by atoms with Gasteiger partial charge < -0.3 is 0 Å². The molecule has 2 N–H and O–H groups in total. The van der Waals surface area contributed by atoms with Crippen molar-refractivity contribution in [3.8, 4) is 0 Å². The molecule has 0 radical (unpaired) electrons.